The molecule has 2 rings (SSSR count). The first-order valence-corrected chi connectivity index (χ1v) is 4.64. The number of rotatable bonds is 3. The molecule has 2 aliphatic rings. The summed E-state index contributed by atoms with van der Waals surface area (Å²) in [5.41, 5.74) is 1.89. The van der Waals surface area contributed by atoms with Crippen LogP contribution in [0.25, 0.3) is 0 Å². The van der Waals surface area contributed by atoms with Gasteiger partial charge < -0.3 is 5.11 Å². The van der Waals surface area contributed by atoms with E-state index in [2.05, 4.69) is 0 Å². The molecule has 2 heteroatoms. The van der Waals surface area contributed by atoms with E-state index in [1.54, 1.807) is 6.92 Å². The van der Waals surface area contributed by atoms with Gasteiger partial charge in [0.15, 0.2) is 0 Å². The van der Waals surface area contributed by atoms with E-state index in [0.717, 1.165) is 0 Å². The monoisotopic (exact) mass is 166 g/mol. The van der Waals surface area contributed by atoms with Crippen LogP contribution < -0.4 is 0 Å². The van der Waals surface area contributed by atoms with Gasteiger partial charge in [-0.1, -0.05) is 5.57 Å². The minimum absolute atomic E-state index is 0.625. The van der Waals surface area contributed by atoms with E-state index in [1.807, 2.05) is 0 Å². The third kappa shape index (κ3) is 1.38. The lowest BCUT2D eigenvalue weighted by molar-refractivity contribution is -0.132. The van der Waals surface area contributed by atoms with E-state index in [0.29, 0.717) is 17.4 Å². The second-order valence-electron chi connectivity index (χ2n) is 3.93. The fourth-order valence-corrected chi connectivity index (χ4v) is 1.86. The zero-order chi connectivity index (χ0) is 8.72. The summed E-state index contributed by atoms with van der Waals surface area (Å²) in [7, 11) is 0. The first-order chi connectivity index (χ1) is 5.70. The summed E-state index contributed by atoms with van der Waals surface area (Å²) in [6, 6.07) is 0. The van der Waals surface area contributed by atoms with Crippen molar-refractivity contribution in [2.24, 2.45) is 11.8 Å². The van der Waals surface area contributed by atoms with Gasteiger partial charge in [0, 0.05) is 5.57 Å². The molecule has 66 valence electrons. The lowest BCUT2D eigenvalue weighted by atomic mass is 10.0. The summed E-state index contributed by atoms with van der Waals surface area (Å²) in [4.78, 5) is 10.7. The molecule has 2 aliphatic carbocycles. The SMILES string of the molecule is CC(C(=O)O)=C(C1CC1)C1CC1. The van der Waals surface area contributed by atoms with Crippen molar-refractivity contribution in [3.8, 4) is 0 Å². The summed E-state index contributed by atoms with van der Waals surface area (Å²) in [6.45, 7) is 1.76. The number of carboxylic acids is 1. The lowest BCUT2D eigenvalue weighted by Crippen LogP contribution is -2.04. The van der Waals surface area contributed by atoms with Crippen molar-refractivity contribution in [2.45, 2.75) is 32.6 Å². The van der Waals surface area contributed by atoms with E-state index >= 15 is 0 Å². The van der Waals surface area contributed by atoms with E-state index < -0.39 is 5.97 Å². The third-order valence-electron chi connectivity index (χ3n) is 2.79. The average molecular weight is 166 g/mol. The van der Waals surface area contributed by atoms with Crippen molar-refractivity contribution in [3.63, 3.8) is 0 Å². The second kappa shape index (κ2) is 2.61. The number of hydrogen-bond acceptors (Lipinski definition) is 1. The first-order valence-electron chi connectivity index (χ1n) is 4.64. The lowest BCUT2D eigenvalue weighted by Gasteiger charge is -2.05. The minimum atomic E-state index is -0.719. The van der Waals surface area contributed by atoms with Gasteiger partial charge in [0.2, 0.25) is 0 Å². The maximum absolute atomic E-state index is 10.7. The van der Waals surface area contributed by atoms with Crippen LogP contribution in [-0.2, 0) is 4.79 Å². The highest BCUT2D eigenvalue weighted by Crippen LogP contribution is 2.50. The Morgan fingerprint density at radius 3 is 1.83 bits per heavy atom. The van der Waals surface area contributed by atoms with Crippen LogP contribution in [0, 0.1) is 11.8 Å². The fraction of sp³-hybridized carbons (Fsp3) is 0.700. The molecule has 0 unspecified atom stereocenters. The second-order valence-corrected chi connectivity index (χ2v) is 3.93. The topological polar surface area (TPSA) is 37.3 Å². The Hall–Kier alpha value is -0.790. The van der Waals surface area contributed by atoms with Crippen molar-refractivity contribution < 1.29 is 9.90 Å². The maximum atomic E-state index is 10.7. The minimum Gasteiger partial charge on any atom is -0.478 e. The molecular formula is C10H14O2. The summed E-state index contributed by atoms with van der Waals surface area (Å²) < 4.78 is 0. The Kier molecular flexibility index (Phi) is 1.71. The van der Waals surface area contributed by atoms with Gasteiger partial charge in [0.25, 0.3) is 0 Å². The molecular weight excluding hydrogens is 152 g/mol. The molecule has 2 fully saturated rings. The Morgan fingerprint density at radius 2 is 1.58 bits per heavy atom. The van der Waals surface area contributed by atoms with Crippen molar-refractivity contribution in [1.29, 1.82) is 0 Å². The molecule has 0 aromatic rings. The molecule has 0 bridgehead atoms. The zero-order valence-corrected chi connectivity index (χ0v) is 7.34. The van der Waals surface area contributed by atoms with Crippen molar-refractivity contribution in [2.75, 3.05) is 0 Å². The molecule has 0 aliphatic heterocycles. The fourth-order valence-electron chi connectivity index (χ4n) is 1.86. The molecule has 2 saturated carbocycles. The molecule has 0 aromatic carbocycles. The van der Waals surface area contributed by atoms with Crippen molar-refractivity contribution in [3.05, 3.63) is 11.1 Å². The van der Waals surface area contributed by atoms with Crippen LogP contribution in [0.3, 0.4) is 0 Å². The van der Waals surface area contributed by atoms with Gasteiger partial charge in [0.05, 0.1) is 0 Å². The molecule has 0 spiro atoms. The Morgan fingerprint density at radius 1 is 1.17 bits per heavy atom. The largest absolute Gasteiger partial charge is 0.478 e. The van der Waals surface area contributed by atoms with Crippen LogP contribution >= 0.6 is 0 Å². The zero-order valence-electron chi connectivity index (χ0n) is 7.34. The molecule has 0 radical (unpaired) electrons. The average Bonchev–Trinajstić information content (AvgIpc) is 2.81. The van der Waals surface area contributed by atoms with Gasteiger partial charge >= 0.3 is 5.97 Å². The predicted molar refractivity (Wildman–Crippen MR) is 45.8 cm³/mol. The summed E-state index contributed by atoms with van der Waals surface area (Å²) in [6.07, 6.45) is 4.87. The molecule has 12 heavy (non-hydrogen) atoms. The number of hydrogen-bond donors (Lipinski definition) is 1. The van der Waals surface area contributed by atoms with Gasteiger partial charge in [-0.15, -0.1) is 0 Å². The predicted octanol–water partition coefficient (Wildman–Crippen LogP) is 2.21. The Bertz CT molecular complexity index is 231. The maximum Gasteiger partial charge on any atom is 0.331 e. The molecule has 1 N–H and O–H groups in total. The Labute approximate surface area is 72.3 Å². The van der Waals surface area contributed by atoms with Crippen LogP contribution in [-0.4, -0.2) is 11.1 Å². The highest BCUT2D eigenvalue weighted by atomic mass is 16.4. The number of carbonyl (C=O) groups is 1. The van der Waals surface area contributed by atoms with E-state index in [1.165, 1.54) is 31.3 Å². The van der Waals surface area contributed by atoms with Crippen LogP contribution in [0.1, 0.15) is 32.6 Å². The van der Waals surface area contributed by atoms with Gasteiger partial charge in [0.1, 0.15) is 0 Å². The summed E-state index contributed by atoms with van der Waals surface area (Å²) in [5, 5.41) is 8.85. The van der Waals surface area contributed by atoms with Gasteiger partial charge in [-0.05, 0) is 44.4 Å². The van der Waals surface area contributed by atoms with Crippen LogP contribution in [0.5, 0.6) is 0 Å². The van der Waals surface area contributed by atoms with Crippen molar-refractivity contribution in [1.82, 2.24) is 0 Å². The Balaban J connectivity index is 2.22. The smallest absolute Gasteiger partial charge is 0.331 e. The molecule has 0 saturated heterocycles. The number of allylic oxidation sites excluding steroid dienone is 1. The normalized spacial score (nSPS) is 22.1. The van der Waals surface area contributed by atoms with Gasteiger partial charge in [-0.25, -0.2) is 4.79 Å². The molecule has 0 atom stereocenters. The molecule has 0 amide bonds. The van der Waals surface area contributed by atoms with E-state index in [-0.39, 0.29) is 0 Å². The van der Waals surface area contributed by atoms with E-state index in [9.17, 15) is 4.79 Å². The summed E-state index contributed by atoms with van der Waals surface area (Å²) in [5.74, 6) is 0.547. The number of aliphatic carboxylic acids is 1. The standard InChI is InChI=1S/C10H14O2/c1-6(10(11)12)9(7-2-3-7)8-4-5-8/h7-8H,2-5H2,1H3,(H,11,12). The van der Waals surface area contributed by atoms with Crippen molar-refractivity contribution >= 4 is 5.97 Å². The van der Waals surface area contributed by atoms with E-state index in [4.69, 9.17) is 5.11 Å². The van der Waals surface area contributed by atoms with Crippen LogP contribution in [0.2, 0.25) is 0 Å². The summed E-state index contributed by atoms with van der Waals surface area (Å²) >= 11 is 0. The quantitative estimate of drug-likeness (QED) is 0.652. The third-order valence-corrected chi connectivity index (χ3v) is 2.79. The first kappa shape index (κ1) is 7.84. The van der Waals surface area contributed by atoms with Gasteiger partial charge in [-0.3, -0.25) is 0 Å². The van der Waals surface area contributed by atoms with Crippen LogP contribution in [0.4, 0.5) is 0 Å². The molecule has 0 heterocycles. The molecule has 2 nitrogen and oxygen atoms in total. The highest BCUT2D eigenvalue weighted by Gasteiger charge is 2.38. The van der Waals surface area contributed by atoms with Gasteiger partial charge in [-0.2, -0.15) is 0 Å². The van der Waals surface area contributed by atoms with Crippen LogP contribution in [0.15, 0.2) is 11.1 Å². The molecule has 0 aromatic heterocycles. The highest BCUT2D eigenvalue weighted by molar-refractivity contribution is 5.87. The number of carboxylic acid groups (broad SMARTS) is 1.